The number of rotatable bonds is 3. The summed E-state index contributed by atoms with van der Waals surface area (Å²) in [4.78, 5) is 19.2. The number of fused-ring (bicyclic) bond motifs is 1. The molecule has 1 atom stereocenters. The van der Waals surface area contributed by atoms with Gasteiger partial charge < -0.3 is 19.7 Å². The predicted molar refractivity (Wildman–Crippen MR) is 100 cm³/mol. The Morgan fingerprint density at radius 1 is 1.23 bits per heavy atom. The van der Waals surface area contributed by atoms with Crippen molar-refractivity contribution in [1.82, 2.24) is 4.98 Å². The Labute approximate surface area is 157 Å². The van der Waals surface area contributed by atoms with Gasteiger partial charge in [0.15, 0.2) is 0 Å². The lowest BCUT2D eigenvalue weighted by atomic mass is 9.96. The zero-order chi connectivity index (χ0) is 17.9. The van der Waals surface area contributed by atoms with Gasteiger partial charge in [-0.3, -0.25) is 4.79 Å². The molecule has 0 spiro atoms. The lowest BCUT2D eigenvalue weighted by Gasteiger charge is -2.28. The molecule has 136 valence electrons. The second-order valence-electron chi connectivity index (χ2n) is 6.46. The van der Waals surface area contributed by atoms with Crippen LogP contribution >= 0.6 is 11.6 Å². The summed E-state index contributed by atoms with van der Waals surface area (Å²) >= 11 is 6.04. The third kappa shape index (κ3) is 3.76. The van der Waals surface area contributed by atoms with E-state index < -0.39 is 0 Å². The van der Waals surface area contributed by atoms with Crippen LogP contribution in [0.1, 0.15) is 5.56 Å². The molecule has 2 aliphatic rings. The minimum Gasteiger partial charge on any atom is -0.492 e. The Morgan fingerprint density at radius 2 is 2.08 bits per heavy atom. The zero-order valence-corrected chi connectivity index (χ0v) is 15.0. The SMILES string of the molecule is O=C(Nc1ccc(N2CCOCC2)nc1)[C@@H]1COc2ccc(Cl)cc2C1. The van der Waals surface area contributed by atoms with E-state index in [2.05, 4.69) is 15.2 Å². The van der Waals surface area contributed by atoms with Crippen molar-refractivity contribution in [2.75, 3.05) is 43.1 Å². The second kappa shape index (κ2) is 7.51. The zero-order valence-electron chi connectivity index (χ0n) is 14.3. The number of carbonyl (C=O) groups excluding carboxylic acids is 1. The number of amides is 1. The van der Waals surface area contributed by atoms with Gasteiger partial charge in [-0.1, -0.05) is 11.6 Å². The van der Waals surface area contributed by atoms with Gasteiger partial charge in [0.05, 0.1) is 31.0 Å². The quantitative estimate of drug-likeness (QED) is 0.896. The second-order valence-corrected chi connectivity index (χ2v) is 6.89. The first kappa shape index (κ1) is 17.1. The molecule has 0 radical (unpaired) electrons. The van der Waals surface area contributed by atoms with Gasteiger partial charge in [-0.2, -0.15) is 0 Å². The van der Waals surface area contributed by atoms with Crippen molar-refractivity contribution in [3.05, 3.63) is 47.1 Å². The number of hydrogen-bond acceptors (Lipinski definition) is 5. The first-order chi connectivity index (χ1) is 12.7. The highest BCUT2D eigenvalue weighted by molar-refractivity contribution is 6.30. The molecule has 6 nitrogen and oxygen atoms in total. The molecule has 1 saturated heterocycles. The van der Waals surface area contributed by atoms with Crippen LogP contribution in [-0.2, 0) is 16.0 Å². The molecule has 26 heavy (non-hydrogen) atoms. The molecule has 3 heterocycles. The first-order valence-corrected chi connectivity index (χ1v) is 9.08. The number of morpholine rings is 1. The molecule has 1 aromatic heterocycles. The topological polar surface area (TPSA) is 63.7 Å². The number of benzene rings is 1. The summed E-state index contributed by atoms with van der Waals surface area (Å²) in [6.45, 7) is 3.46. The summed E-state index contributed by atoms with van der Waals surface area (Å²) in [5.74, 6) is 1.38. The first-order valence-electron chi connectivity index (χ1n) is 8.70. The fourth-order valence-corrected chi connectivity index (χ4v) is 3.41. The normalized spacial score (nSPS) is 19.4. The minimum absolute atomic E-state index is 0.0726. The van der Waals surface area contributed by atoms with E-state index in [1.165, 1.54) is 0 Å². The van der Waals surface area contributed by atoms with Crippen LogP contribution < -0.4 is 15.0 Å². The van der Waals surface area contributed by atoms with Crippen molar-refractivity contribution < 1.29 is 14.3 Å². The average Bonchev–Trinajstić information content (AvgIpc) is 2.68. The minimum atomic E-state index is -0.250. The molecule has 0 aliphatic carbocycles. The van der Waals surface area contributed by atoms with Gasteiger partial charge in [0.25, 0.3) is 0 Å². The third-order valence-electron chi connectivity index (χ3n) is 4.65. The van der Waals surface area contributed by atoms with Gasteiger partial charge in [-0.25, -0.2) is 4.98 Å². The Bertz CT molecular complexity index is 791. The largest absolute Gasteiger partial charge is 0.492 e. The maximum absolute atomic E-state index is 12.6. The summed E-state index contributed by atoms with van der Waals surface area (Å²) < 4.78 is 11.0. The van der Waals surface area contributed by atoms with E-state index in [4.69, 9.17) is 21.1 Å². The number of hydrogen-bond donors (Lipinski definition) is 1. The van der Waals surface area contributed by atoms with Crippen molar-refractivity contribution in [2.24, 2.45) is 5.92 Å². The van der Waals surface area contributed by atoms with Gasteiger partial charge in [-0.15, -0.1) is 0 Å². The summed E-state index contributed by atoms with van der Waals surface area (Å²) in [5.41, 5.74) is 1.65. The fourth-order valence-electron chi connectivity index (χ4n) is 3.22. The van der Waals surface area contributed by atoms with Crippen LogP contribution in [-0.4, -0.2) is 43.8 Å². The average molecular weight is 374 g/mol. The highest BCUT2D eigenvalue weighted by Gasteiger charge is 2.26. The Balaban J connectivity index is 1.39. The Morgan fingerprint density at radius 3 is 2.85 bits per heavy atom. The number of halogens is 1. The molecular weight excluding hydrogens is 354 g/mol. The standard InChI is InChI=1S/C19H20ClN3O3/c20-15-1-3-17-13(10-15)9-14(12-26-17)19(24)22-16-2-4-18(21-11-16)23-5-7-25-8-6-23/h1-4,10-11,14H,5-9,12H2,(H,22,24)/t14-/m0/s1. The van der Waals surface area contributed by atoms with Gasteiger partial charge in [-0.05, 0) is 42.3 Å². The number of anilines is 2. The molecule has 4 rings (SSSR count). The highest BCUT2D eigenvalue weighted by Crippen LogP contribution is 2.30. The predicted octanol–water partition coefficient (Wildman–Crippen LogP) is 2.76. The number of pyridine rings is 1. The van der Waals surface area contributed by atoms with E-state index in [0.717, 1.165) is 30.2 Å². The van der Waals surface area contributed by atoms with Gasteiger partial charge in [0.1, 0.15) is 18.2 Å². The summed E-state index contributed by atoms with van der Waals surface area (Å²) in [6.07, 6.45) is 2.30. The maximum atomic E-state index is 12.6. The van der Waals surface area contributed by atoms with E-state index >= 15 is 0 Å². The molecule has 1 amide bonds. The van der Waals surface area contributed by atoms with Crippen LogP contribution in [0.25, 0.3) is 0 Å². The maximum Gasteiger partial charge on any atom is 0.231 e. The van der Waals surface area contributed by atoms with E-state index in [1.54, 1.807) is 12.3 Å². The lowest BCUT2D eigenvalue weighted by molar-refractivity contribution is -0.121. The molecule has 1 aromatic carbocycles. The lowest BCUT2D eigenvalue weighted by Crippen LogP contribution is -2.36. The molecule has 7 heteroatoms. The van der Waals surface area contributed by atoms with Crippen LogP contribution in [0.4, 0.5) is 11.5 Å². The number of carbonyl (C=O) groups is 1. The van der Waals surface area contributed by atoms with Crippen LogP contribution in [0.2, 0.25) is 5.02 Å². The van der Waals surface area contributed by atoms with Crippen molar-refractivity contribution in [3.8, 4) is 5.75 Å². The molecule has 0 saturated carbocycles. The molecule has 0 bridgehead atoms. The summed E-state index contributed by atoms with van der Waals surface area (Å²) in [6, 6.07) is 9.30. The van der Waals surface area contributed by atoms with E-state index in [0.29, 0.717) is 37.0 Å². The summed E-state index contributed by atoms with van der Waals surface area (Å²) in [5, 5.41) is 3.58. The molecule has 1 fully saturated rings. The molecule has 2 aliphatic heterocycles. The van der Waals surface area contributed by atoms with Crippen molar-refractivity contribution in [1.29, 1.82) is 0 Å². The number of ether oxygens (including phenoxy) is 2. The monoisotopic (exact) mass is 373 g/mol. The highest BCUT2D eigenvalue weighted by atomic mass is 35.5. The van der Waals surface area contributed by atoms with Crippen molar-refractivity contribution >= 4 is 29.0 Å². The van der Waals surface area contributed by atoms with E-state index in [-0.39, 0.29) is 11.8 Å². The van der Waals surface area contributed by atoms with Crippen molar-refractivity contribution in [2.45, 2.75) is 6.42 Å². The molecule has 1 N–H and O–H groups in total. The Hall–Kier alpha value is -2.31. The summed E-state index contributed by atoms with van der Waals surface area (Å²) in [7, 11) is 0. The molecular formula is C19H20ClN3O3. The smallest absolute Gasteiger partial charge is 0.231 e. The number of nitrogens with one attached hydrogen (secondary N) is 1. The number of nitrogens with zero attached hydrogens (tertiary/aromatic N) is 2. The van der Waals surface area contributed by atoms with Gasteiger partial charge in [0.2, 0.25) is 5.91 Å². The molecule has 2 aromatic rings. The van der Waals surface area contributed by atoms with E-state index in [1.807, 2.05) is 24.3 Å². The van der Waals surface area contributed by atoms with Crippen LogP contribution in [0.15, 0.2) is 36.5 Å². The Kier molecular flexibility index (Phi) is 4.95. The molecule has 0 unspecified atom stereocenters. The van der Waals surface area contributed by atoms with Crippen LogP contribution in [0.5, 0.6) is 5.75 Å². The van der Waals surface area contributed by atoms with Gasteiger partial charge >= 0.3 is 0 Å². The fraction of sp³-hybridized carbons (Fsp3) is 0.368. The van der Waals surface area contributed by atoms with Crippen molar-refractivity contribution in [3.63, 3.8) is 0 Å². The van der Waals surface area contributed by atoms with E-state index in [9.17, 15) is 4.79 Å². The third-order valence-corrected chi connectivity index (χ3v) is 4.89. The van der Waals surface area contributed by atoms with Crippen LogP contribution in [0.3, 0.4) is 0 Å². The number of aromatic nitrogens is 1. The van der Waals surface area contributed by atoms with Crippen LogP contribution in [0, 0.1) is 5.92 Å². The van der Waals surface area contributed by atoms with Gasteiger partial charge in [0, 0.05) is 18.1 Å².